The van der Waals surface area contributed by atoms with Gasteiger partial charge in [-0.15, -0.1) is 0 Å². The molecule has 0 rings (SSSR count). The zero-order chi connectivity index (χ0) is 12.1. The molecule has 0 fully saturated rings. The number of hydrogen-bond donors (Lipinski definition) is 1. The van der Waals surface area contributed by atoms with E-state index in [2.05, 4.69) is 31.3 Å². The smallest absolute Gasteiger partial charge is 0.220 e. The monoisotopic (exact) mass is 225 g/mol. The first-order valence-electron chi connectivity index (χ1n) is 6.73. The molecule has 0 atom stereocenters. The topological polar surface area (TPSA) is 29.1 Å². The second-order valence-corrected chi connectivity index (χ2v) is 4.21. The van der Waals surface area contributed by atoms with Gasteiger partial charge in [-0.2, -0.15) is 0 Å². The minimum atomic E-state index is 0.178. The van der Waals surface area contributed by atoms with E-state index >= 15 is 0 Å². The number of nitrogens with one attached hydrogen (secondary N) is 1. The van der Waals surface area contributed by atoms with E-state index in [1.807, 2.05) is 0 Å². The predicted octanol–water partition coefficient (Wildman–Crippen LogP) is 3.82. The van der Waals surface area contributed by atoms with E-state index < -0.39 is 0 Å². The lowest BCUT2D eigenvalue weighted by Crippen LogP contribution is -2.23. The highest BCUT2D eigenvalue weighted by Crippen LogP contribution is 2.03. The Hall–Kier alpha value is -0.790. The second-order valence-electron chi connectivity index (χ2n) is 4.21. The fourth-order valence-electron chi connectivity index (χ4n) is 1.49. The van der Waals surface area contributed by atoms with Crippen molar-refractivity contribution in [2.45, 2.75) is 65.2 Å². The van der Waals surface area contributed by atoms with Crippen LogP contribution in [0, 0.1) is 0 Å². The van der Waals surface area contributed by atoms with Crippen molar-refractivity contribution in [2.24, 2.45) is 0 Å². The summed E-state index contributed by atoms with van der Waals surface area (Å²) in [5.41, 5.74) is 0. The molecule has 0 spiro atoms. The summed E-state index contributed by atoms with van der Waals surface area (Å²) in [6.07, 6.45) is 13.3. The lowest BCUT2D eigenvalue weighted by atomic mass is 10.1. The SMILES string of the molecule is CCCCCC/C=C\CCC(=O)NCCC. The molecule has 0 unspecified atom stereocenters. The molecule has 0 radical (unpaired) electrons. The average molecular weight is 225 g/mol. The average Bonchev–Trinajstić information content (AvgIpc) is 2.30. The Morgan fingerprint density at radius 1 is 1.00 bits per heavy atom. The van der Waals surface area contributed by atoms with Crippen LogP contribution in [-0.4, -0.2) is 12.5 Å². The molecule has 16 heavy (non-hydrogen) atoms. The van der Waals surface area contributed by atoms with Crippen LogP contribution in [0.3, 0.4) is 0 Å². The van der Waals surface area contributed by atoms with E-state index in [9.17, 15) is 4.79 Å². The maximum Gasteiger partial charge on any atom is 0.220 e. The number of carbonyl (C=O) groups is 1. The van der Waals surface area contributed by atoms with Crippen molar-refractivity contribution >= 4 is 5.91 Å². The first kappa shape index (κ1) is 15.2. The van der Waals surface area contributed by atoms with Gasteiger partial charge in [0.05, 0.1) is 0 Å². The third-order valence-corrected chi connectivity index (χ3v) is 2.50. The van der Waals surface area contributed by atoms with Gasteiger partial charge in [-0.05, 0) is 25.7 Å². The van der Waals surface area contributed by atoms with Crippen LogP contribution in [0.1, 0.15) is 65.2 Å². The van der Waals surface area contributed by atoms with Crippen molar-refractivity contribution in [3.63, 3.8) is 0 Å². The molecule has 0 aromatic carbocycles. The van der Waals surface area contributed by atoms with Gasteiger partial charge in [0.1, 0.15) is 0 Å². The highest BCUT2D eigenvalue weighted by molar-refractivity contribution is 5.75. The standard InChI is InChI=1S/C14H27NO/c1-3-5-6-7-8-9-10-11-12-14(16)15-13-4-2/h9-10H,3-8,11-13H2,1-2H3,(H,15,16)/b10-9-. The van der Waals surface area contributed by atoms with Crippen molar-refractivity contribution in [2.75, 3.05) is 6.54 Å². The largest absolute Gasteiger partial charge is 0.356 e. The van der Waals surface area contributed by atoms with Gasteiger partial charge in [0.15, 0.2) is 0 Å². The fraction of sp³-hybridized carbons (Fsp3) is 0.786. The van der Waals surface area contributed by atoms with E-state index in [-0.39, 0.29) is 5.91 Å². The third-order valence-electron chi connectivity index (χ3n) is 2.50. The van der Waals surface area contributed by atoms with Crippen molar-refractivity contribution in [3.8, 4) is 0 Å². The molecular weight excluding hydrogens is 198 g/mol. The van der Waals surface area contributed by atoms with Crippen molar-refractivity contribution in [1.82, 2.24) is 5.32 Å². The van der Waals surface area contributed by atoms with Gasteiger partial charge in [0, 0.05) is 13.0 Å². The van der Waals surface area contributed by atoms with Gasteiger partial charge >= 0.3 is 0 Å². The van der Waals surface area contributed by atoms with Crippen LogP contribution < -0.4 is 5.32 Å². The molecule has 2 heteroatoms. The zero-order valence-electron chi connectivity index (χ0n) is 10.9. The first-order valence-corrected chi connectivity index (χ1v) is 6.73. The molecule has 94 valence electrons. The molecule has 0 aromatic heterocycles. The van der Waals surface area contributed by atoms with Crippen LogP contribution in [-0.2, 0) is 4.79 Å². The van der Waals surface area contributed by atoms with Crippen LogP contribution >= 0.6 is 0 Å². The number of carbonyl (C=O) groups excluding carboxylic acids is 1. The summed E-state index contributed by atoms with van der Waals surface area (Å²) in [5.74, 6) is 0.178. The quantitative estimate of drug-likeness (QED) is 0.444. The molecule has 0 saturated heterocycles. The lowest BCUT2D eigenvalue weighted by Gasteiger charge is -2.00. The number of hydrogen-bond acceptors (Lipinski definition) is 1. The Labute approximate surface area is 101 Å². The van der Waals surface area contributed by atoms with E-state index in [1.54, 1.807) is 0 Å². The minimum Gasteiger partial charge on any atom is -0.356 e. The maximum atomic E-state index is 11.2. The predicted molar refractivity (Wildman–Crippen MR) is 70.4 cm³/mol. The normalized spacial score (nSPS) is 10.9. The first-order chi connectivity index (χ1) is 7.81. The van der Waals surface area contributed by atoms with E-state index in [0.29, 0.717) is 6.42 Å². The molecule has 0 saturated carbocycles. The summed E-state index contributed by atoms with van der Waals surface area (Å²) in [5, 5.41) is 2.88. The zero-order valence-corrected chi connectivity index (χ0v) is 10.9. The Morgan fingerprint density at radius 3 is 2.44 bits per heavy atom. The van der Waals surface area contributed by atoms with Gasteiger partial charge in [-0.1, -0.05) is 45.3 Å². The number of amides is 1. The summed E-state index contributed by atoms with van der Waals surface area (Å²) < 4.78 is 0. The van der Waals surface area contributed by atoms with Crippen LogP contribution in [0.25, 0.3) is 0 Å². The third kappa shape index (κ3) is 11.3. The Kier molecular flexibility index (Phi) is 11.7. The Morgan fingerprint density at radius 2 is 1.75 bits per heavy atom. The minimum absolute atomic E-state index is 0.178. The van der Waals surface area contributed by atoms with Crippen molar-refractivity contribution < 1.29 is 4.79 Å². The van der Waals surface area contributed by atoms with Gasteiger partial charge in [0.2, 0.25) is 5.91 Å². The van der Waals surface area contributed by atoms with E-state index in [1.165, 1.54) is 25.7 Å². The highest BCUT2D eigenvalue weighted by Gasteiger charge is 1.96. The molecule has 0 aliphatic rings. The van der Waals surface area contributed by atoms with Gasteiger partial charge < -0.3 is 5.32 Å². The lowest BCUT2D eigenvalue weighted by molar-refractivity contribution is -0.121. The number of unbranched alkanes of at least 4 members (excludes halogenated alkanes) is 4. The van der Waals surface area contributed by atoms with Gasteiger partial charge in [-0.25, -0.2) is 0 Å². The van der Waals surface area contributed by atoms with Gasteiger partial charge in [0.25, 0.3) is 0 Å². The number of allylic oxidation sites excluding steroid dienone is 2. The van der Waals surface area contributed by atoms with E-state index in [0.717, 1.165) is 25.8 Å². The summed E-state index contributed by atoms with van der Waals surface area (Å²) in [4.78, 5) is 11.2. The Bertz CT molecular complexity index is 187. The highest BCUT2D eigenvalue weighted by atomic mass is 16.1. The van der Waals surface area contributed by atoms with Crippen LogP contribution in [0.4, 0.5) is 0 Å². The second kappa shape index (κ2) is 12.3. The maximum absolute atomic E-state index is 11.2. The molecule has 0 bridgehead atoms. The number of rotatable bonds is 10. The molecular formula is C14H27NO. The van der Waals surface area contributed by atoms with Crippen molar-refractivity contribution in [1.29, 1.82) is 0 Å². The van der Waals surface area contributed by atoms with E-state index in [4.69, 9.17) is 0 Å². The molecule has 0 heterocycles. The fourth-order valence-corrected chi connectivity index (χ4v) is 1.49. The molecule has 0 aromatic rings. The molecule has 0 aliphatic heterocycles. The van der Waals surface area contributed by atoms with Crippen LogP contribution in [0.15, 0.2) is 12.2 Å². The summed E-state index contributed by atoms with van der Waals surface area (Å²) >= 11 is 0. The molecule has 0 aliphatic carbocycles. The molecule has 1 amide bonds. The Balaban J connectivity index is 3.23. The van der Waals surface area contributed by atoms with Crippen molar-refractivity contribution in [3.05, 3.63) is 12.2 Å². The molecule has 1 N–H and O–H groups in total. The summed E-state index contributed by atoms with van der Waals surface area (Å²) in [6, 6.07) is 0. The summed E-state index contributed by atoms with van der Waals surface area (Å²) in [6.45, 7) is 5.10. The molecule has 2 nitrogen and oxygen atoms in total. The summed E-state index contributed by atoms with van der Waals surface area (Å²) in [7, 11) is 0. The van der Waals surface area contributed by atoms with Gasteiger partial charge in [-0.3, -0.25) is 4.79 Å². The van der Waals surface area contributed by atoms with Crippen LogP contribution in [0.2, 0.25) is 0 Å². The van der Waals surface area contributed by atoms with Crippen LogP contribution in [0.5, 0.6) is 0 Å².